The van der Waals surface area contributed by atoms with Crippen molar-refractivity contribution in [3.8, 4) is 5.75 Å². The zero-order chi connectivity index (χ0) is 22.2. The third-order valence-corrected chi connectivity index (χ3v) is 7.71. The van der Waals surface area contributed by atoms with E-state index in [-0.39, 0.29) is 29.9 Å². The van der Waals surface area contributed by atoms with Crippen LogP contribution in [0.5, 0.6) is 5.75 Å². The van der Waals surface area contributed by atoms with E-state index < -0.39 is 16.1 Å². The van der Waals surface area contributed by atoms with Crippen LogP contribution in [0.2, 0.25) is 0 Å². The highest BCUT2D eigenvalue weighted by Crippen LogP contribution is 2.36. The van der Waals surface area contributed by atoms with Crippen molar-refractivity contribution in [3.05, 3.63) is 47.5 Å². The molecule has 1 unspecified atom stereocenters. The van der Waals surface area contributed by atoms with E-state index in [1.54, 1.807) is 13.0 Å². The fourth-order valence-electron chi connectivity index (χ4n) is 4.08. The van der Waals surface area contributed by atoms with Gasteiger partial charge < -0.3 is 15.4 Å². The standard InChI is InChI=1S/C22H25N3O5S/c1-3-15-7-4-5-8-16(15)24-22(27)18-9-6-10-25(18)31(28,29)20-12-19-17(11-14(20)2)23-21(26)13-30-19/h4-5,7-8,11-12,18H,3,6,9-10,13H2,1-2H3,(H,23,26)(H,24,27). The molecule has 2 heterocycles. The SMILES string of the molecule is CCc1ccccc1NC(=O)C1CCCN1S(=O)(=O)c1cc2c(cc1C)NC(=O)CO2. The Bertz CT molecular complexity index is 1150. The van der Waals surface area contributed by atoms with Gasteiger partial charge in [0.1, 0.15) is 11.8 Å². The number of fused-ring (bicyclic) bond motifs is 1. The number of sulfonamides is 1. The second kappa shape index (κ2) is 8.32. The molecule has 0 aromatic heterocycles. The number of benzene rings is 2. The van der Waals surface area contributed by atoms with Crippen molar-refractivity contribution in [2.45, 2.75) is 44.0 Å². The Kier molecular flexibility index (Phi) is 5.72. The van der Waals surface area contributed by atoms with E-state index >= 15 is 0 Å². The van der Waals surface area contributed by atoms with Crippen LogP contribution in [0.4, 0.5) is 11.4 Å². The van der Waals surface area contributed by atoms with Gasteiger partial charge >= 0.3 is 0 Å². The van der Waals surface area contributed by atoms with Gasteiger partial charge in [0.05, 0.1) is 10.6 Å². The van der Waals surface area contributed by atoms with Gasteiger partial charge in [-0.2, -0.15) is 4.31 Å². The van der Waals surface area contributed by atoms with Gasteiger partial charge in [0.15, 0.2) is 6.61 Å². The highest BCUT2D eigenvalue weighted by Gasteiger charge is 2.40. The van der Waals surface area contributed by atoms with E-state index in [0.29, 0.717) is 35.5 Å². The van der Waals surface area contributed by atoms with E-state index in [9.17, 15) is 18.0 Å². The molecule has 1 atom stereocenters. The van der Waals surface area contributed by atoms with E-state index in [0.717, 1.165) is 12.0 Å². The summed E-state index contributed by atoms with van der Waals surface area (Å²) in [5, 5.41) is 5.59. The van der Waals surface area contributed by atoms with Gasteiger partial charge in [0, 0.05) is 18.3 Å². The predicted molar refractivity (Wildman–Crippen MR) is 117 cm³/mol. The van der Waals surface area contributed by atoms with Gasteiger partial charge in [-0.3, -0.25) is 9.59 Å². The summed E-state index contributed by atoms with van der Waals surface area (Å²) in [5.41, 5.74) is 2.62. The number of nitrogens with one attached hydrogen (secondary N) is 2. The summed E-state index contributed by atoms with van der Waals surface area (Å²) in [7, 11) is -3.94. The van der Waals surface area contributed by atoms with Crippen molar-refractivity contribution < 1.29 is 22.7 Å². The first-order valence-corrected chi connectivity index (χ1v) is 11.7. The maximum atomic E-state index is 13.5. The Morgan fingerprint density at radius 1 is 1.29 bits per heavy atom. The summed E-state index contributed by atoms with van der Waals surface area (Å²) in [6.07, 6.45) is 1.81. The van der Waals surface area contributed by atoms with Crippen molar-refractivity contribution in [1.82, 2.24) is 4.31 Å². The summed E-state index contributed by atoms with van der Waals surface area (Å²) in [4.78, 5) is 24.6. The maximum Gasteiger partial charge on any atom is 0.262 e. The molecule has 2 N–H and O–H groups in total. The fourth-order valence-corrected chi connectivity index (χ4v) is 5.96. The van der Waals surface area contributed by atoms with Crippen LogP contribution in [0.1, 0.15) is 30.9 Å². The van der Waals surface area contributed by atoms with Gasteiger partial charge in [-0.05, 0) is 49.4 Å². The smallest absolute Gasteiger partial charge is 0.262 e. The Balaban J connectivity index is 1.62. The summed E-state index contributed by atoms with van der Waals surface area (Å²) >= 11 is 0. The van der Waals surface area contributed by atoms with Crippen molar-refractivity contribution in [2.24, 2.45) is 0 Å². The average Bonchev–Trinajstić information content (AvgIpc) is 3.24. The number of nitrogens with zero attached hydrogens (tertiary/aromatic N) is 1. The Labute approximate surface area is 181 Å². The van der Waals surface area contributed by atoms with Crippen LogP contribution in [0, 0.1) is 6.92 Å². The van der Waals surface area contributed by atoms with Crippen LogP contribution in [0.15, 0.2) is 41.3 Å². The van der Waals surface area contributed by atoms with Crippen LogP contribution in [-0.4, -0.2) is 43.7 Å². The van der Waals surface area contributed by atoms with Crippen LogP contribution < -0.4 is 15.4 Å². The molecule has 2 aromatic rings. The largest absolute Gasteiger partial charge is 0.482 e. The molecule has 0 bridgehead atoms. The molecule has 1 fully saturated rings. The van der Waals surface area contributed by atoms with Crippen molar-refractivity contribution in [2.75, 3.05) is 23.8 Å². The van der Waals surface area contributed by atoms with E-state index in [1.165, 1.54) is 10.4 Å². The monoisotopic (exact) mass is 443 g/mol. The third kappa shape index (κ3) is 4.03. The lowest BCUT2D eigenvalue weighted by atomic mass is 10.1. The number of anilines is 2. The first-order valence-electron chi connectivity index (χ1n) is 10.3. The molecule has 0 radical (unpaired) electrons. The van der Waals surface area contributed by atoms with Gasteiger partial charge in [-0.1, -0.05) is 25.1 Å². The summed E-state index contributed by atoms with van der Waals surface area (Å²) in [5.74, 6) is -0.312. The number of carbonyl (C=O) groups is 2. The molecule has 4 rings (SSSR count). The van der Waals surface area contributed by atoms with Crippen LogP contribution in [0.3, 0.4) is 0 Å². The van der Waals surface area contributed by atoms with Crippen LogP contribution >= 0.6 is 0 Å². The van der Waals surface area contributed by atoms with Gasteiger partial charge in [-0.25, -0.2) is 8.42 Å². The van der Waals surface area contributed by atoms with E-state index in [1.807, 2.05) is 31.2 Å². The lowest BCUT2D eigenvalue weighted by molar-refractivity contribution is -0.119. The molecule has 2 amide bonds. The molecule has 9 heteroatoms. The number of hydrogen-bond donors (Lipinski definition) is 2. The Morgan fingerprint density at radius 2 is 2.06 bits per heavy atom. The highest BCUT2D eigenvalue weighted by atomic mass is 32.2. The minimum Gasteiger partial charge on any atom is -0.482 e. The maximum absolute atomic E-state index is 13.5. The van der Waals surface area contributed by atoms with Gasteiger partial charge in [0.2, 0.25) is 15.9 Å². The number of para-hydroxylation sites is 1. The molecule has 0 saturated carbocycles. The zero-order valence-electron chi connectivity index (χ0n) is 17.5. The quantitative estimate of drug-likeness (QED) is 0.739. The number of aryl methyl sites for hydroxylation is 2. The Hall–Kier alpha value is -2.91. The Morgan fingerprint density at radius 3 is 2.84 bits per heavy atom. The van der Waals surface area contributed by atoms with E-state index in [2.05, 4.69) is 10.6 Å². The third-order valence-electron chi connectivity index (χ3n) is 5.66. The van der Waals surface area contributed by atoms with Crippen molar-refractivity contribution in [3.63, 3.8) is 0 Å². The summed E-state index contributed by atoms with van der Waals surface area (Å²) in [6.45, 7) is 3.77. The minimum atomic E-state index is -3.94. The molecule has 1 saturated heterocycles. The number of carbonyl (C=O) groups excluding carboxylic acids is 2. The van der Waals surface area contributed by atoms with Crippen LogP contribution in [-0.2, 0) is 26.0 Å². The molecule has 2 aliphatic rings. The molecule has 2 aliphatic heterocycles. The number of amides is 2. The minimum absolute atomic E-state index is 0.0797. The molecule has 0 spiro atoms. The molecular formula is C22H25N3O5S. The zero-order valence-corrected chi connectivity index (χ0v) is 18.3. The fraction of sp³-hybridized carbons (Fsp3) is 0.364. The first kappa shape index (κ1) is 21.3. The summed E-state index contributed by atoms with van der Waals surface area (Å²) in [6, 6.07) is 9.74. The molecule has 0 aliphatic carbocycles. The topological polar surface area (TPSA) is 105 Å². The van der Waals surface area contributed by atoms with E-state index in [4.69, 9.17) is 4.74 Å². The average molecular weight is 444 g/mol. The number of hydrogen-bond acceptors (Lipinski definition) is 5. The summed E-state index contributed by atoms with van der Waals surface area (Å²) < 4.78 is 33.7. The first-order chi connectivity index (χ1) is 14.8. The normalized spacial score (nSPS) is 18.8. The molecule has 164 valence electrons. The number of ether oxygens (including phenoxy) is 1. The highest BCUT2D eigenvalue weighted by molar-refractivity contribution is 7.89. The molecule has 2 aromatic carbocycles. The van der Waals surface area contributed by atoms with Crippen LogP contribution in [0.25, 0.3) is 0 Å². The molecule has 8 nitrogen and oxygen atoms in total. The van der Waals surface area contributed by atoms with Gasteiger partial charge in [0.25, 0.3) is 5.91 Å². The second-order valence-corrected chi connectivity index (χ2v) is 9.58. The lowest BCUT2D eigenvalue weighted by Crippen LogP contribution is -2.43. The van der Waals surface area contributed by atoms with Crippen molar-refractivity contribution in [1.29, 1.82) is 0 Å². The second-order valence-electron chi connectivity index (χ2n) is 7.72. The molecular weight excluding hydrogens is 418 g/mol. The number of rotatable bonds is 5. The van der Waals surface area contributed by atoms with Crippen molar-refractivity contribution >= 4 is 33.2 Å². The predicted octanol–water partition coefficient (Wildman–Crippen LogP) is 2.68. The lowest BCUT2D eigenvalue weighted by Gasteiger charge is -2.26. The van der Waals surface area contributed by atoms with Gasteiger partial charge in [-0.15, -0.1) is 0 Å². The molecule has 31 heavy (non-hydrogen) atoms.